The minimum absolute atomic E-state index is 0.318. The summed E-state index contributed by atoms with van der Waals surface area (Å²) < 4.78 is 5.12. The zero-order valence-corrected chi connectivity index (χ0v) is 9.44. The third-order valence-electron chi connectivity index (χ3n) is 3.00. The molecule has 3 heteroatoms. The van der Waals surface area contributed by atoms with Gasteiger partial charge in [-0.05, 0) is 23.7 Å². The number of hydrogen-bond donors (Lipinski definition) is 0. The molecular weight excluding hydrogens is 196 g/mol. The Hall–Kier alpha value is -0.440. The minimum Gasteiger partial charge on any atom is -0.501 e. The fourth-order valence-electron chi connectivity index (χ4n) is 2.19. The molecule has 1 fully saturated rings. The molecule has 0 amide bonds. The Labute approximate surface area is 88.1 Å². The first-order chi connectivity index (χ1) is 6.81. The Morgan fingerprint density at radius 2 is 2.14 bits per heavy atom. The van der Waals surface area contributed by atoms with E-state index in [1.54, 1.807) is 13.2 Å². The first-order valence-electron chi connectivity index (χ1n) is 5.26. The largest absolute Gasteiger partial charge is 0.501 e. The van der Waals surface area contributed by atoms with Gasteiger partial charge >= 0.3 is 0 Å². The maximum absolute atomic E-state index is 11.8. The lowest BCUT2D eigenvalue weighted by atomic mass is 10.0. The maximum atomic E-state index is 11.8. The van der Waals surface area contributed by atoms with Crippen molar-refractivity contribution in [2.45, 2.75) is 30.9 Å². The highest BCUT2D eigenvalue weighted by molar-refractivity contribution is 7.98. The van der Waals surface area contributed by atoms with Crippen molar-refractivity contribution in [3.63, 3.8) is 0 Å². The fraction of sp³-hybridized carbons (Fsp3) is 0.727. The molecule has 78 valence electrons. The van der Waals surface area contributed by atoms with E-state index in [1.165, 1.54) is 24.3 Å². The maximum Gasteiger partial charge on any atom is 0.211 e. The van der Waals surface area contributed by atoms with E-state index in [0.717, 1.165) is 18.6 Å². The van der Waals surface area contributed by atoms with Crippen LogP contribution in [0.1, 0.15) is 25.7 Å². The lowest BCUT2D eigenvalue weighted by Gasteiger charge is -2.18. The van der Waals surface area contributed by atoms with E-state index >= 15 is 0 Å². The van der Waals surface area contributed by atoms with Crippen molar-refractivity contribution in [3.05, 3.63) is 11.8 Å². The standard InChI is InChI=1S/C11H17O2S/c1-13-9-4-5-11(10(12)8-9)14-6-2-3-7-14/h8,11H,2-7H2,1H3/q+1. The van der Waals surface area contributed by atoms with Crippen LogP contribution < -0.4 is 0 Å². The van der Waals surface area contributed by atoms with Crippen molar-refractivity contribution < 1.29 is 9.53 Å². The summed E-state index contributed by atoms with van der Waals surface area (Å²) in [4.78, 5) is 11.8. The van der Waals surface area contributed by atoms with Gasteiger partial charge in [-0.25, -0.2) is 0 Å². The first kappa shape index (κ1) is 10.1. The van der Waals surface area contributed by atoms with Gasteiger partial charge < -0.3 is 4.74 Å². The molecule has 1 aliphatic carbocycles. The van der Waals surface area contributed by atoms with Gasteiger partial charge in [-0.2, -0.15) is 0 Å². The molecule has 0 aromatic rings. The summed E-state index contributed by atoms with van der Waals surface area (Å²) in [6, 6.07) is 0. The van der Waals surface area contributed by atoms with Crippen LogP contribution in [0, 0.1) is 0 Å². The molecule has 2 nitrogen and oxygen atoms in total. The molecular formula is C11H17O2S+. The summed E-state index contributed by atoms with van der Waals surface area (Å²) in [5, 5.41) is 0.330. The number of rotatable bonds is 2. The van der Waals surface area contributed by atoms with Crippen LogP contribution in [0.15, 0.2) is 11.8 Å². The van der Waals surface area contributed by atoms with Crippen molar-refractivity contribution in [1.82, 2.24) is 0 Å². The average Bonchev–Trinajstić information content (AvgIpc) is 2.70. The quantitative estimate of drug-likeness (QED) is 0.652. The van der Waals surface area contributed by atoms with Crippen molar-refractivity contribution in [3.8, 4) is 0 Å². The smallest absolute Gasteiger partial charge is 0.211 e. The molecule has 0 bridgehead atoms. The summed E-state index contributed by atoms with van der Waals surface area (Å²) in [5.74, 6) is 3.76. The van der Waals surface area contributed by atoms with Crippen LogP contribution in [-0.4, -0.2) is 29.6 Å². The average molecular weight is 213 g/mol. The predicted molar refractivity (Wildman–Crippen MR) is 59.5 cm³/mol. The summed E-state index contributed by atoms with van der Waals surface area (Å²) >= 11 is 0. The van der Waals surface area contributed by atoms with Gasteiger partial charge in [0.2, 0.25) is 5.78 Å². The third kappa shape index (κ3) is 1.97. The second kappa shape index (κ2) is 4.39. The zero-order chi connectivity index (χ0) is 9.97. The highest BCUT2D eigenvalue weighted by Crippen LogP contribution is 2.27. The topological polar surface area (TPSA) is 26.3 Å². The SMILES string of the molecule is COC1=CC(=O)C([S+]2CCCC2)CC1. The molecule has 0 spiro atoms. The summed E-state index contributed by atoms with van der Waals surface area (Å²) in [6.07, 6.45) is 6.35. The van der Waals surface area contributed by atoms with Gasteiger partial charge in [0.1, 0.15) is 11.5 Å². The molecule has 0 saturated carbocycles. The molecule has 1 atom stereocenters. The number of hydrogen-bond acceptors (Lipinski definition) is 2. The Morgan fingerprint density at radius 1 is 1.43 bits per heavy atom. The normalized spacial score (nSPS) is 29.1. The van der Waals surface area contributed by atoms with Crippen LogP contribution in [0.3, 0.4) is 0 Å². The molecule has 2 rings (SSSR count). The Balaban J connectivity index is 2.02. The second-order valence-corrected chi connectivity index (χ2v) is 6.36. The zero-order valence-electron chi connectivity index (χ0n) is 8.62. The van der Waals surface area contributed by atoms with Crippen LogP contribution in [-0.2, 0) is 20.4 Å². The molecule has 1 heterocycles. The summed E-state index contributed by atoms with van der Waals surface area (Å²) in [5.41, 5.74) is 0. The van der Waals surface area contributed by atoms with Crippen molar-refractivity contribution in [2.24, 2.45) is 0 Å². The van der Waals surface area contributed by atoms with Gasteiger partial charge in [-0.3, -0.25) is 4.79 Å². The number of ketones is 1. The van der Waals surface area contributed by atoms with Crippen LogP contribution in [0.2, 0.25) is 0 Å². The molecule has 0 aromatic carbocycles. The third-order valence-corrected chi connectivity index (χ3v) is 5.90. The Bertz CT molecular complexity index is 254. The highest BCUT2D eigenvalue weighted by atomic mass is 32.2. The lowest BCUT2D eigenvalue weighted by molar-refractivity contribution is -0.114. The van der Waals surface area contributed by atoms with Gasteiger partial charge in [0.25, 0.3) is 0 Å². The lowest BCUT2D eigenvalue weighted by Crippen LogP contribution is -2.33. The monoisotopic (exact) mass is 213 g/mol. The minimum atomic E-state index is 0.318. The van der Waals surface area contributed by atoms with Gasteiger partial charge in [-0.1, -0.05) is 0 Å². The molecule has 0 N–H and O–H groups in total. The first-order valence-corrected chi connectivity index (χ1v) is 6.88. The van der Waals surface area contributed by atoms with E-state index in [-0.39, 0.29) is 0 Å². The van der Waals surface area contributed by atoms with Crippen LogP contribution in [0.25, 0.3) is 0 Å². The van der Waals surface area contributed by atoms with Crippen LogP contribution in [0.5, 0.6) is 0 Å². The number of methoxy groups -OCH3 is 1. The van der Waals surface area contributed by atoms with Gasteiger partial charge in [0.15, 0.2) is 5.25 Å². The van der Waals surface area contributed by atoms with Crippen LogP contribution in [0.4, 0.5) is 0 Å². The van der Waals surface area contributed by atoms with Crippen molar-refractivity contribution in [2.75, 3.05) is 18.6 Å². The van der Waals surface area contributed by atoms with E-state index in [1.807, 2.05) is 0 Å². The van der Waals surface area contributed by atoms with E-state index < -0.39 is 0 Å². The Morgan fingerprint density at radius 3 is 2.71 bits per heavy atom. The van der Waals surface area contributed by atoms with Gasteiger partial charge in [0, 0.05) is 18.9 Å². The molecule has 2 aliphatic rings. The van der Waals surface area contributed by atoms with E-state index in [4.69, 9.17) is 4.74 Å². The number of allylic oxidation sites excluding steroid dienone is 2. The molecule has 1 unspecified atom stereocenters. The fourth-order valence-corrected chi connectivity index (χ4v) is 4.96. The van der Waals surface area contributed by atoms with E-state index in [9.17, 15) is 4.79 Å². The van der Waals surface area contributed by atoms with Crippen LogP contribution >= 0.6 is 0 Å². The molecule has 1 saturated heterocycles. The molecule has 14 heavy (non-hydrogen) atoms. The molecule has 0 aromatic heterocycles. The molecule has 1 aliphatic heterocycles. The number of carbonyl (C=O) groups excluding carboxylic acids is 1. The van der Waals surface area contributed by atoms with E-state index in [2.05, 4.69) is 0 Å². The van der Waals surface area contributed by atoms with Crippen molar-refractivity contribution in [1.29, 1.82) is 0 Å². The van der Waals surface area contributed by atoms with Gasteiger partial charge in [-0.15, -0.1) is 0 Å². The predicted octanol–water partition coefficient (Wildman–Crippen LogP) is 1.66. The Kier molecular flexibility index (Phi) is 3.16. The number of ether oxygens (including phenoxy) is 1. The second-order valence-electron chi connectivity index (χ2n) is 3.90. The molecule has 0 radical (unpaired) electrons. The summed E-state index contributed by atoms with van der Waals surface area (Å²) in [7, 11) is 2.04. The highest BCUT2D eigenvalue weighted by Gasteiger charge is 2.39. The van der Waals surface area contributed by atoms with Crippen molar-refractivity contribution >= 4 is 16.7 Å². The van der Waals surface area contributed by atoms with Gasteiger partial charge in [0.05, 0.1) is 12.9 Å². The summed E-state index contributed by atoms with van der Waals surface area (Å²) in [6.45, 7) is 0. The van der Waals surface area contributed by atoms with E-state index in [0.29, 0.717) is 21.9 Å². The number of carbonyl (C=O) groups is 1.